The summed E-state index contributed by atoms with van der Waals surface area (Å²) in [4.78, 5) is 40.6. The van der Waals surface area contributed by atoms with E-state index in [0.717, 1.165) is 5.56 Å². The summed E-state index contributed by atoms with van der Waals surface area (Å²) in [6.07, 6.45) is 0.0631. The van der Waals surface area contributed by atoms with E-state index in [-0.39, 0.29) is 23.9 Å². The maximum atomic E-state index is 12.5. The molecular weight excluding hydrogens is 348 g/mol. The van der Waals surface area contributed by atoms with Crippen molar-refractivity contribution < 1.29 is 14.3 Å². The van der Waals surface area contributed by atoms with Crippen molar-refractivity contribution in [2.24, 2.45) is 0 Å². The average Bonchev–Trinajstić information content (AvgIpc) is 3.00. The lowest BCUT2D eigenvalue weighted by Gasteiger charge is -2.18. The second-order valence-electron chi connectivity index (χ2n) is 6.12. The van der Waals surface area contributed by atoms with E-state index in [1.54, 1.807) is 37.4 Å². The fraction of sp³-hybridized carbons (Fsp3) is 0.211. The molecule has 1 aromatic heterocycles. The molecule has 2 aromatic carbocycles. The van der Waals surface area contributed by atoms with Crippen molar-refractivity contribution in [3.63, 3.8) is 0 Å². The third-order valence-corrected chi connectivity index (χ3v) is 4.08. The number of methoxy groups -OCH3 is 1. The van der Waals surface area contributed by atoms with Crippen LogP contribution in [0.25, 0.3) is 11.0 Å². The molecule has 0 unspecified atom stereocenters. The molecule has 1 heterocycles. The zero-order chi connectivity index (χ0) is 19.4. The fourth-order valence-electron chi connectivity index (χ4n) is 2.84. The Morgan fingerprint density at radius 3 is 2.44 bits per heavy atom. The number of carbonyl (C=O) groups excluding carboxylic acids is 2. The zero-order valence-electron chi connectivity index (χ0n) is 15.0. The van der Waals surface area contributed by atoms with Crippen molar-refractivity contribution in [3.8, 4) is 5.75 Å². The molecule has 2 amide bonds. The lowest BCUT2D eigenvalue weighted by Crippen LogP contribution is -2.29. The third-order valence-electron chi connectivity index (χ3n) is 4.08. The van der Waals surface area contributed by atoms with Gasteiger partial charge in [-0.25, -0.2) is 4.79 Å². The number of fused-ring (bicyclic) bond motifs is 1. The van der Waals surface area contributed by atoms with Crippen LogP contribution in [-0.4, -0.2) is 28.9 Å². The van der Waals surface area contributed by atoms with Gasteiger partial charge in [0, 0.05) is 12.6 Å². The molecule has 4 N–H and O–H groups in total. The number of aromatic amines is 2. The first kappa shape index (κ1) is 18.2. The Balaban J connectivity index is 1.74. The number of hydrogen-bond donors (Lipinski definition) is 4. The van der Waals surface area contributed by atoms with Crippen LogP contribution in [0.3, 0.4) is 0 Å². The monoisotopic (exact) mass is 368 g/mol. The predicted molar refractivity (Wildman–Crippen MR) is 102 cm³/mol. The van der Waals surface area contributed by atoms with Crippen LogP contribution in [0.4, 0.5) is 5.69 Å². The van der Waals surface area contributed by atoms with Crippen molar-refractivity contribution in [3.05, 3.63) is 58.5 Å². The van der Waals surface area contributed by atoms with Crippen LogP contribution in [0.5, 0.6) is 5.75 Å². The molecule has 8 heteroatoms. The van der Waals surface area contributed by atoms with Gasteiger partial charge in [0.1, 0.15) is 5.75 Å². The maximum absolute atomic E-state index is 12.5. The van der Waals surface area contributed by atoms with Crippen molar-refractivity contribution in [1.82, 2.24) is 15.3 Å². The number of imidazole rings is 1. The Hall–Kier alpha value is -3.55. The average molecular weight is 368 g/mol. The van der Waals surface area contributed by atoms with Crippen LogP contribution in [0.1, 0.15) is 24.9 Å². The quantitative estimate of drug-likeness (QED) is 0.533. The molecule has 27 heavy (non-hydrogen) atoms. The second kappa shape index (κ2) is 7.77. The molecule has 0 fully saturated rings. The van der Waals surface area contributed by atoms with Gasteiger partial charge in [-0.3, -0.25) is 9.59 Å². The number of amides is 2. The minimum atomic E-state index is -0.468. The molecule has 0 saturated carbocycles. The normalized spacial score (nSPS) is 11.8. The number of rotatable bonds is 6. The number of benzene rings is 2. The Morgan fingerprint density at radius 2 is 1.78 bits per heavy atom. The largest absolute Gasteiger partial charge is 0.497 e. The predicted octanol–water partition coefficient (Wildman–Crippen LogP) is 2.07. The molecular formula is C19H20N4O4. The Labute approximate surface area is 154 Å². The number of hydrogen-bond acceptors (Lipinski definition) is 4. The molecule has 3 rings (SSSR count). The number of carbonyl (C=O) groups is 2. The van der Waals surface area contributed by atoms with E-state index in [4.69, 9.17) is 4.74 Å². The zero-order valence-corrected chi connectivity index (χ0v) is 15.0. The van der Waals surface area contributed by atoms with Crippen molar-refractivity contribution >= 4 is 28.5 Å². The minimum absolute atomic E-state index is 0.0631. The van der Waals surface area contributed by atoms with E-state index in [1.807, 2.05) is 12.1 Å². The molecule has 0 radical (unpaired) electrons. The van der Waals surface area contributed by atoms with E-state index in [2.05, 4.69) is 20.6 Å². The minimum Gasteiger partial charge on any atom is -0.497 e. The summed E-state index contributed by atoms with van der Waals surface area (Å²) in [5.41, 5.74) is 2.31. The van der Waals surface area contributed by atoms with Crippen molar-refractivity contribution in [1.29, 1.82) is 0 Å². The lowest BCUT2D eigenvalue weighted by molar-refractivity contribution is -0.120. The van der Waals surface area contributed by atoms with Gasteiger partial charge in [-0.1, -0.05) is 12.1 Å². The van der Waals surface area contributed by atoms with Crippen LogP contribution < -0.4 is 21.1 Å². The molecule has 0 aliphatic heterocycles. The first-order chi connectivity index (χ1) is 12.9. The summed E-state index contributed by atoms with van der Waals surface area (Å²) in [5.74, 6) is 0.204. The molecule has 0 aliphatic rings. The molecule has 3 aromatic rings. The van der Waals surface area contributed by atoms with Crippen molar-refractivity contribution in [2.45, 2.75) is 19.4 Å². The molecule has 0 saturated heterocycles. The van der Waals surface area contributed by atoms with Gasteiger partial charge in [0.15, 0.2) is 0 Å². The summed E-state index contributed by atoms with van der Waals surface area (Å²) >= 11 is 0. The van der Waals surface area contributed by atoms with Gasteiger partial charge in [0.2, 0.25) is 11.8 Å². The van der Waals surface area contributed by atoms with Gasteiger partial charge in [0.05, 0.1) is 30.6 Å². The van der Waals surface area contributed by atoms with Gasteiger partial charge < -0.3 is 25.3 Å². The highest BCUT2D eigenvalue weighted by atomic mass is 16.5. The van der Waals surface area contributed by atoms with E-state index in [0.29, 0.717) is 22.5 Å². The maximum Gasteiger partial charge on any atom is 0.323 e. The SMILES string of the molecule is COc1ccc([C@H](CC(=O)Nc2ccc3[nH]c(=O)[nH]c3c2)NC(C)=O)cc1. The third kappa shape index (κ3) is 4.55. The Kier molecular flexibility index (Phi) is 5.25. The summed E-state index contributed by atoms with van der Waals surface area (Å²) < 4.78 is 5.13. The smallest absolute Gasteiger partial charge is 0.323 e. The first-order valence-electron chi connectivity index (χ1n) is 8.37. The summed E-state index contributed by atoms with van der Waals surface area (Å²) in [6.45, 7) is 1.41. The standard InChI is InChI=1S/C19H20N4O4/c1-11(24)20-16(12-3-6-14(27-2)7-4-12)10-18(25)21-13-5-8-15-17(9-13)23-19(26)22-15/h3-9,16H,10H2,1-2H3,(H,20,24)(H,21,25)(H2,22,23,26)/t16-/m0/s1. The number of nitrogens with one attached hydrogen (secondary N) is 4. The van der Waals surface area contributed by atoms with Crippen LogP contribution >= 0.6 is 0 Å². The molecule has 0 aliphatic carbocycles. The number of aromatic nitrogens is 2. The van der Waals surface area contributed by atoms with Crippen LogP contribution in [-0.2, 0) is 9.59 Å². The van der Waals surface area contributed by atoms with Gasteiger partial charge in [0.25, 0.3) is 0 Å². The molecule has 0 bridgehead atoms. The highest BCUT2D eigenvalue weighted by Crippen LogP contribution is 2.22. The van der Waals surface area contributed by atoms with E-state index in [9.17, 15) is 14.4 Å². The van der Waals surface area contributed by atoms with E-state index < -0.39 is 6.04 Å². The summed E-state index contributed by atoms with van der Waals surface area (Å²) in [6, 6.07) is 11.8. The van der Waals surface area contributed by atoms with Crippen LogP contribution in [0.2, 0.25) is 0 Å². The van der Waals surface area contributed by atoms with Gasteiger partial charge in [-0.2, -0.15) is 0 Å². The molecule has 8 nitrogen and oxygen atoms in total. The molecule has 0 spiro atoms. The van der Waals surface area contributed by atoms with E-state index >= 15 is 0 Å². The number of ether oxygens (including phenoxy) is 1. The number of H-pyrrole nitrogens is 2. The highest BCUT2D eigenvalue weighted by molar-refractivity contribution is 5.93. The number of anilines is 1. The Morgan fingerprint density at radius 1 is 1.07 bits per heavy atom. The molecule has 1 atom stereocenters. The summed E-state index contributed by atoms with van der Waals surface area (Å²) in [5, 5.41) is 5.58. The lowest BCUT2D eigenvalue weighted by atomic mass is 10.0. The highest BCUT2D eigenvalue weighted by Gasteiger charge is 2.17. The van der Waals surface area contributed by atoms with Gasteiger partial charge in [-0.05, 0) is 35.9 Å². The van der Waals surface area contributed by atoms with Gasteiger partial charge >= 0.3 is 5.69 Å². The van der Waals surface area contributed by atoms with Crippen LogP contribution in [0, 0.1) is 0 Å². The van der Waals surface area contributed by atoms with Crippen molar-refractivity contribution in [2.75, 3.05) is 12.4 Å². The second-order valence-corrected chi connectivity index (χ2v) is 6.12. The fourth-order valence-corrected chi connectivity index (χ4v) is 2.84. The first-order valence-corrected chi connectivity index (χ1v) is 8.37. The van der Waals surface area contributed by atoms with Crippen LogP contribution in [0.15, 0.2) is 47.3 Å². The Bertz CT molecular complexity index is 1020. The van der Waals surface area contributed by atoms with Gasteiger partial charge in [-0.15, -0.1) is 0 Å². The topological polar surface area (TPSA) is 116 Å². The molecule has 140 valence electrons. The van der Waals surface area contributed by atoms with E-state index in [1.165, 1.54) is 6.92 Å². The summed E-state index contributed by atoms with van der Waals surface area (Å²) in [7, 11) is 1.57.